The van der Waals surface area contributed by atoms with Crippen molar-refractivity contribution < 1.29 is 4.74 Å². The Kier molecular flexibility index (Phi) is 6.01. The summed E-state index contributed by atoms with van der Waals surface area (Å²) in [7, 11) is 0. The van der Waals surface area contributed by atoms with E-state index in [1.54, 1.807) is 18.3 Å². The van der Waals surface area contributed by atoms with E-state index in [2.05, 4.69) is 32.2 Å². The van der Waals surface area contributed by atoms with Crippen LogP contribution in [0.2, 0.25) is 5.02 Å². The van der Waals surface area contributed by atoms with Crippen molar-refractivity contribution in [1.29, 1.82) is 0 Å². The van der Waals surface area contributed by atoms with Crippen LogP contribution in [-0.2, 0) is 0 Å². The van der Waals surface area contributed by atoms with Gasteiger partial charge in [-0.05, 0) is 37.2 Å². The summed E-state index contributed by atoms with van der Waals surface area (Å²) in [4.78, 5) is 17.0. The molecule has 0 saturated heterocycles. The number of nitrogens with one attached hydrogen (secondary N) is 1. The van der Waals surface area contributed by atoms with Crippen LogP contribution in [-0.4, -0.2) is 33.1 Å². The van der Waals surface area contributed by atoms with Crippen molar-refractivity contribution in [3.8, 4) is 6.01 Å². The van der Waals surface area contributed by atoms with E-state index in [-0.39, 0.29) is 0 Å². The number of anilines is 1. The molecule has 21 heavy (non-hydrogen) atoms. The first-order chi connectivity index (χ1) is 10.2. The largest absolute Gasteiger partial charge is 0.464 e. The van der Waals surface area contributed by atoms with E-state index in [0.29, 0.717) is 33.8 Å². The summed E-state index contributed by atoms with van der Waals surface area (Å²) in [6, 6.07) is 3.85. The Hall–Kier alpha value is -1.60. The maximum absolute atomic E-state index is 6.10. The number of hydrogen-bond acceptors (Lipinski definition) is 7. The molecule has 0 aromatic carbocycles. The van der Waals surface area contributed by atoms with Gasteiger partial charge in [0.25, 0.3) is 0 Å². The van der Waals surface area contributed by atoms with Crippen LogP contribution in [0.4, 0.5) is 5.95 Å². The van der Waals surface area contributed by atoms with E-state index in [0.717, 1.165) is 13.0 Å². The maximum atomic E-state index is 6.10. The number of ether oxygens (including phenoxy) is 1. The second-order valence-corrected chi connectivity index (χ2v) is 5.34. The molecule has 1 N–H and O–H groups in total. The first-order valence-corrected chi connectivity index (χ1v) is 7.83. The number of pyridine rings is 1. The highest BCUT2D eigenvalue weighted by Crippen LogP contribution is 2.29. The Morgan fingerprint density at radius 1 is 1.29 bits per heavy atom. The lowest BCUT2D eigenvalue weighted by atomic mass is 10.5. The number of rotatable bonds is 7. The quantitative estimate of drug-likeness (QED) is 0.837. The molecule has 2 heterocycles. The second kappa shape index (κ2) is 7.99. The fourth-order valence-electron chi connectivity index (χ4n) is 1.43. The van der Waals surface area contributed by atoms with E-state index in [1.165, 1.54) is 11.8 Å². The van der Waals surface area contributed by atoms with Crippen molar-refractivity contribution in [2.24, 2.45) is 0 Å². The van der Waals surface area contributed by atoms with Crippen LogP contribution in [0.1, 0.15) is 20.3 Å². The first-order valence-electron chi connectivity index (χ1n) is 6.64. The molecule has 0 atom stereocenters. The van der Waals surface area contributed by atoms with Gasteiger partial charge in [-0.3, -0.25) is 0 Å². The van der Waals surface area contributed by atoms with Gasteiger partial charge < -0.3 is 10.1 Å². The Labute approximate surface area is 132 Å². The van der Waals surface area contributed by atoms with Crippen molar-refractivity contribution in [3.63, 3.8) is 0 Å². The molecule has 6 nitrogen and oxygen atoms in total. The number of halogens is 1. The van der Waals surface area contributed by atoms with Gasteiger partial charge in [-0.25, -0.2) is 4.98 Å². The highest BCUT2D eigenvalue weighted by Gasteiger charge is 2.11. The predicted molar refractivity (Wildman–Crippen MR) is 83.1 cm³/mol. The van der Waals surface area contributed by atoms with Gasteiger partial charge in [-0.1, -0.05) is 18.5 Å². The monoisotopic (exact) mass is 325 g/mol. The van der Waals surface area contributed by atoms with Crippen LogP contribution in [0.15, 0.2) is 28.5 Å². The summed E-state index contributed by atoms with van der Waals surface area (Å²) in [5.74, 6) is 0.491. The van der Waals surface area contributed by atoms with Crippen LogP contribution in [0.3, 0.4) is 0 Å². The fraction of sp³-hybridized carbons (Fsp3) is 0.385. The normalized spacial score (nSPS) is 10.4. The van der Waals surface area contributed by atoms with Crippen molar-refractivity contribution in [2.75, 3.05) is 18.5 Å². The maximum Gasteiger partial charge on any atom is 0.322 e. The van der Waals surface area contributed by atoms with Crippen LogP contribution in [0, 0.1) is 0 Å². The molecule has 0 aliphatic heterocycles. The Balaban J connectivity index is 2.24. The van der Waals surface area contributed by atoms with E-state index in [4.69, 9.17) is 16.3 Å². The van der Waals surface area contributed by atoms with Crippen LogP contribution < -0.4 is 10.1 Å². The molecule has 0 aliphatic rings. The van der Waals surface area contributed by atoms with Gasteiger partial charge in [0.1, 0.15) is 5.03 Å². The molecular formula is C13H16ClN5OS. The van der Waals surface area contributed by atoms with Crippen LogP contribution in [0.5, 0.6) is 6.01 Å². The number of hydrogen-bond donors (Lipinski definition) is 1. The van der Waals surface area contributed by atoms with Crippen molar-refractivity contribution in [3.05, 3.63) is 23.4 Å². The van der Waals surface area contributed by atoms with Gasteiger partial charge >= 0.3 is 6.01 Å². The molecule has 0 aliphatic carbocycles. The molecule has 2 aromatic rings. The summed E-state index contributed by atoms with van der Waals surface area (Å²) in [5, 5.41) is 4.82. The molecule has 0 radical (unpaired) electrons. The molecule has 2 aromatic heterocycles. The van der Waals surface area contributed by atoms with Gasteiger partial charge in [-0.2, -0.15) is 15.0 Å². The summed E-state index contributed by atoms with van der Waals surface area (Å²) in [6.07, 6.45) is 2.65. The molecule has 0 fully saturated rings. The van der Waals surface area contributed by atoms with E-state index >= 15 is 0 Å². The Morgan fingerprint density at radius 2 is 2.14 bits per heavy atom. The van der Waals surface area contributed by atoms with Gasteiger partial charge in [0, 0.05) is 12.7 Å². The van der Waals surface area contributed by atoms with E-state index < -0.39 is 0 Å². The fourth-order valence-corrected chi connectivity index (χ4v) is 2.37. The lowest BCUT2D eigenvalue weighted by Gasteiger charge is -2.08. The zero-order valence-electron chi connectivity index (χ0n) is 11.8. The second-order valence-electron chi connectivity index (χ2n) is 3.98. The van der Waals surface area contributed by atoms with Crippen LogP contribution in [0.25, 0.3) is 0 Å². The summed E-state index contributed by atoms with van der Waals surface area (Å²) in [6.45, 7) is 5.22. The molecule has 0 bridgehead atoms. The predicted octanol–water partition coefficient (Wildman–Crippen LogP) is 3.29. The third-order valence-corrected chi connectivity index (χ3v) is 3.61. The molecule has 2 rings (SSSR count). The first kappa shape index (κ1) is 15.8. The average molecular weight is 326 g/mol. The van der Waals surface area contributed by atoms with Gasteiger partial charge in [0.05, 0.1) is 11.6 Å². The van der Waals surface area contributed by atoms with Crippen LogP contribution >= 0.6 is 23.4 Å². The molecule has 0 saturated carbocycles. The SMILES string of the molecule is CCCNc1nc(OCC)nc(Sc2ncccc2Cl)n1. The highest BCUT2D eigenvalue weighted by atomic mass is 35.5. The highest BCUT2D eigenvalue weighted by molar-refractivity contribution is 7.99. The average Bonchev–Trinajstić information content (AvgIpc) is 2.48. The van der Waals surface area contributed by atoms with E-state index in [1.807, 2.05) is 6.92 Å². The third-order valence-electron chi connectivity index (χ3n) is 2.31. The lowest BCUT2D eigenvalue weighted by molar-refractivity contribution is 0.308. The minimum absolute atomic E-state index is 0.292. The number of aromatic nitrogens is 4. The molecule has 0 unspecified atom stereocenters. The van der Waals surface area contributed by atoms with Crippen molar-refractivity contribution in [1.82, 2.24) is 19.9 Å². The van der Waals surface area contributed by atoms with Gasteiger partial charge in [0.15, 0.2) is 0 Å². The zero-order chi connectivity index (χ0) is 15.1. The zero-order valence-corrected chi connectivity index (χ0v) is 13.4. The van der Waals surface area contributed by atoms with Crippen molar-refractivity contribution >= 4 is 29.3 Å². The molecule has 0 amide bonds. The third kappa shape index (κ3) is 4.71. The molecule has 112 valence electrons. The lowest BCUT2D eigenvalue weighted by Crippen LogP contribution is -2.08. The van der Waals surface area contributed by atoms with E-state index in [9.17, 15) is 0 Å². The summed E-state index contributed by atoms with van der Waals surface area (Å²) >= 11 is 7.37. The van der Waals surface area contributed by atoms with Crippen molar-refractivity contribution in [2.45, 2.75) is 30.5 Å². The molecular weight excluding hydrogens is 310 g/mol. The molecule has 8 heteroatoms. The van der Waals surface area contributed by atoms with Gasteiger partial charge in [0.2, 0.25) is 11.1 Å². The Morgan fingerprint density at radius 3 is 2.86 bits per heavy atom. The summed E-state index contributed by atoms with van der Waals surface area (Å²) < 4.78 is 5.37. The molecule has 0 spiro atoms. The smallest absolute Gasteiger partial charge is 0.322 e. The summed E-state index contributed by atoms with van der Waals surface area (Å²) in [5.41, 5.74) is 0. The Bertz CT molecular complexity index is 599. The van der Waals surface area contributed by atoms with Gasteiger partial charge in [-0.15, -0.1) is 0 Å². The minimum Gasteiger partial charge on any atom is -0.464 e. The number of nitrogens with zero attached hydrogens (tertiary/aromatic N) is 4. The minimum atomic E-state index is 0.292. The standard InChI is InChI=1S/C13H16ClN5OS/c1-3-7-16-11-17-12(20-4-2)19-13(18-11)21-10-9(14)6-5-8-15-10/h5-6,8H,3-4,7H2,1-2H3,(H,16,17,18,19). The topological polar surface area (TPSA) is 72.8 Å².